The van der Waals surface area contributed by atoms with Crippen molar-refractivity contribution in [2.45, 2.75) is 76.7 Å². The normalized spacial score (nSPS) is 38.4. The lowest BCUT2D eigenvalue weighted by Crippen LogP contribution is -2.35. The Morgan fingerprint density at radius 2 is 1.80 bits per heavy atom. The summed E-state index contributed by atoms with van der Waals surface area (Å²) in [5, 5.41) is 10.7. The van der Waals surface area contributed by atoms with Crippen LogP contribution in [0.25, 0.3) is 0 Å². The van der Waals surface area contributed by atoms with Crippen molar-refractivity contribution in [3.63, 3.8) is 0 Å². The quantitative estimate of drug-likeness (QED) is 0.749. The summed E-state index contributed by atoms with van der Waals surface area (Å²) in [4.78, 5) is 0. The highest BCUT2D eigenvalue weighted by Crippen LogP contribution is 2.44. The Hall–Kier alpha value is -0.0400. The SMILES string of the molecule is CCC1CCCC1(O)CC1CCCCC1. The van der Waals surface area contributed by atoms with Crippen LogP contribution < -0.4 is 0 Å². The van der Waals surface area contributed by atoms with E-state index in [-0.39, 0.29) is 5.60 Å². The minimum Gasteiger partial charge on any atom is -0.390 e. The minimum absolute atomic E-state index is 0.281. The van der Waals surface area contributed by atoms with Crippen LogP contribution in [0.3, 0.4) is 0 Å². The molecule has 0 amide bonds. The van der Waals surface area contributed by atoms with Gasteiger partial charge in [-0.25, -0.2) is 0 Å². The van der Waals surface area contributed by atoms with Gasteiger partial charge in [-0.1, -0.05) is 51.9 Å². The highest BCUT2D eigenvalue weighted by atomic mass is 16.3. The van der Waals surface area contributed by atoms with Gasteiger partial charge >= 0.3 is 0 Å². The van der Waals surface area contributed by atoms with E-state index in [0.29, 0.717) is 5.92 Å². The third-order valence-corrected chi connectivity index (χ3v) is 4.78. The molecule has 2 rings (SSSR count). The van der Waals surface area contributed by atoms with E-state index < -0.39 is 0 Å². The fourth-order valence-electron chi connectivity index (χ4n) is 3.87. The first-order chi connectivity index (χ1) is 7.24. The zero-order chi connectivity index (χ0) is 10.7. The maximum atomic E-state index is 10.7. The average molecular weight is 210 g/mol. The van der Waals surface area contributed by atoms with Gasteiger partial charge in [0.1, 0.15) is 0 Å². The molecular weight excluding hydrogens is 184 g/mol. The van der Waals surface area contributed by atoms with Crippen LogP contribution in [0.2, 0.25) is 0 Å². The second kappa shape index (κ2) is 4.86. The molecule has 0 aliphatic heterocycles. The fourth-order valence-corrected chi connectivity index (χ4v) is 3.87. The van der Waals surface area contributed by atoms with Crippen molar-refractivity contribution in [1.82, 2.24) is 0 Å². The van der Waals surface area contributed by atoms with Crippen molar-refractivity contribution in [2.75, 3.05) is 0 Å². The molecule has 88 valence electrons. The highest BCUT2D eigenvalue weighted by Gasteiger charge is 2.41. The highest BCUT2D eigenvalue weighted by molar-refractivity contribution is 4.93. The van der Waals surface area contributed by atoms with Gasteiger partial charge in [-0.2, -0.15) is 0 Å². The van der Waals surface area contributed by atoms with Crippen LogP contribution in [-0.2, 0) is 0 Å². The molecule has 2 atom stereocenters. The summed E-state index contributed by atoms with van der Waals surface area (Å²) in [6.45, 7) is 2.24. The zero-order valence-corrected chi connectivity index (χ0v) is 10.2. The van der Waals surface area contributed by atoms with Gasteiger partial charge in [0, 0.05) is 0 Å². The standard InChI is InChI=1S/C14H26O/c1-2-13-9-6-10-14(13,15)11-12-7-4-3-5-8-12/h12-13,15H,2-11H2,1H3. The Bertz CT molecular complexity index is 196. The summed E-state index contributed by atoms with van der Waals surface area (Å²) in [6.07, 6.45) is 12.8. The molecule has 2 aliphatic carbocycles. The van der Waals surface area contributed by atoms with Crippen molar-refractivity contribution >= 4 is 0 Å². The number of hydrogen-bond donors (Lipinski definition) is 1. The molecule has 2 unspecified atom stereocenters. The Morgan fingerprint density at radius 1 is 1.07 bits per heavy atom. The molecule has 0 radical (unpaired) electrons. The lowest BCUT2D eigenvalue weighted by Gasteiger charge is -2.34. The molecule has 0 spiro atoms. The predicted molar refractivity (Wildman–Crippen MR) is 63.8 cm³/mol. The Morgan fingerprint density at radius 3 is 2.47 bits per heavy atom. The summed E-state index contributed by atoms with van der Waals surface area (Å²) in [7, 11) is 0. The molecule has 2 fully saturated rings. The Labute approximate surface area is 94.3 Å². The number of aliphatic hydroxyl groups is 1. The largest absolute Gasteiger partial charge is 0.390 e. The molecule has 2 saturated carbocycles. The first kappa shape index (κ1) is 11.4. The molecule has 0 aromatic carbocycles. The van der Waals surface area contributed by atoms with E-state index in [1.54, 1.807) is 0 Å². The van der Waals surface area contributed by atoms with Gasteiger partial charge in [-0.15, -0.1) is 0 Å². The lowest BCUT2D eigenvalue weighted by atomic mass is 9.76. The minimum atomic E-state index is -0.281. The maximum Gasteiger partial charge on any atom is 0.0678 e. The van der Waals surface area contributed by atoms with Gasteiger partial charge in [0.05, 0.1) is 5.60 Å². The van der Waals surface area contributed by atoms with Crippen LogP contribution in [0.1, 0.15) is 71.1 Å². The second-order valence-electron chi connectivity index (χ2n) is 5.81. The number of rotatable bonds is 3. The van der Waals surface area contributed by atoms with E-state index in [4.69, 9.17) is 0 Å². The third-order valence-electron chi connectivity index (χ3n) is 4.78. The van der Waals surface area contributed by atoms with Crippen LogP contribution in [0, 0.1) is 11.8 Å². The van der Waals surface area contributed by atoms with Crippen LogP contribution in [-0.4, -0.2) is 10.7 Å². The van der Waals surface area contributed by atoms with Gasteiger partial charge in [0.25, 0.3) is 0 Å². The Balaban J connectivity index is 1.90. The molecule has 1 N–H and O–H groups in total. The number of hydrogen-bond acceptors (Lipinski definition) is 1. The van der Waals surface area contributed by atoms with E-state index in [9.17, 15) is 5.11 Å². The van der Waals surface area contributed by atoms with E-state index in [1.807, 2.05) is 0 Å². The zero-order valence-electron chi connectivity index (χ0n) is 10.2. The van der Waals surface area contributed by atoms with Crippen molar-refractivity contribution in [2.24, 2.45) is 11.8 Å². The molecule has 0 heterocycles. The first-order valence-corrected chi connectivity index (χ1v) is 6.97. The summed E-state index contributed by atoms with van der Waals surface area (Å²) < 4.78 is 0. The predicted octanol–water partition coefficient (Wildman–Crippen LogP) is 3.90. The molecule has 0 aromatic heterocycles. The van der Waals surface area contributed by atoms with Crippen LogP contribution in [0.4, 0.5) is 0 Å². The smallest absolute Gasteiger partial charge is 0.0678 e. The third kappa shape index (κ3) is 2.55. The van der Waals surface area contributed by atoms with Crippen molar-refractivity contribution in [1.29, 1.82) is 0 Å². The summed E-state index contributed by atoms with van der Waals surface area (Å²) in [5.41, 5.74) is -0.281. The van der Waals surface area contributed by atoms with Crippen molar-refractivity contribution < 1.29 is 5.11 Å². The van der Waals surface area contributed by atoms with Crippen molar-refractivity contribution in [3.8, 4) is 0 Å². The van der Waals surface area contributed by atoms with Gasteiger partial charge in [-0.05, 0) is 31.1 Å². The molecule has 0 bridgehead atoms. The van der Waals surface area contributed by atoms with Crippen LogP contribution >= 0.6 is 0 Å². The molecule has 0 aromatic rings. The molecule has 2 aliphatic rings. The van der Waals surface area contributed by atoms with Crippen molar-refractivity contribution in [3.05, 3.63) is 0 Å². The summed E-state index contributed by atoms with van der Waals surface area (Å²) in [6, 6.07) is 0. The molecular formula is C14H26O. The molecule has 1 nitrogen and oxygen atoms in total. The first-order valence-electron chi connectivity index (χ1n) is 6.97. The van der Waals surface area contributed by atoms with Crippen LogP contribution in [0.15, 0.2) is 0 Å². The topological polar surface area (TPSA) is 20.2 Å². The average Bonchev–Trinajstić information content (AvgIpc) is 2.60. The molecule has 15 heavy (non-hydrogen) atoms. The van der Waals surface area contributed by atoms with E-state index in [2.05, 4.69) is 6.92 Å². The van der Waals surface area contributed by atoms with Crippen LogP contribution in [0.5, 0.6) is 0 Å². The van der Waals surface area contributed by atoms with Gasteiger partial charge in [-0.3, -0.25) is 0 Å². The molecule has 1 heteroatoms. The summed E-state index contributed by atoms with van der Waals surface area (Å²) >= 11 is 0. The fraction of sp³-hybridized carbons (Fsp3) is 1.00. The van der Waals surface area contributed by atoms with E-state index in [1.165, 1.54) is 51.4 Å². The van der Waals surface area contributed by atoms with E-state index >= 15 is 0 Å². The Kier molecular flexibility index (Phi) is 3.71. The molecule has 0 saturated heterocycles. The lowest BCUT2D eigenvalue weighted by molar-refractivity contribution is -0.0250. The van der Waals surface area contributed by atoms with Gasteiger partial charge < -0.3 is 5.11 Å². The van der Waals surface area contributed by atoms with E-state index in [0.717, 1.165) is 18.8 Å². The monoisotopic (exact) mass is 210 g/mol. The second-order valence-corrected chi connectivity index (χ2v) is 5.81. The summed E-state index contributed by atoms with van der Waals surface area (Å²) in [5.74, 6) is 1.43. The van der Waals surface area contributed by atoms with Gasteiger partial charge in [0.2, 0.25) is 0 Å². The van der Waals surface area contributed by atoms with Gasteiger partial charge in [0.15, 0.2) is 0 Å². The maximum absolute atomic E-state index is 10.7.